The summed E-state index contributed by atoms with van der Waals surface area (Å²) >= 11 is 0. The Bertz CT molecular complexity index is 1660. The zero-order valence-electron chi connectivity index (χ0n) is 24.8. The third-order valence-electron chi connectivity index (χ3n) is 8.10. The second-order valence-electron chi connectivity index (χ2n) is 11.4. The maximum absolute atomic E-state index is 13.5. The van der Waals surface area contributed by atoms with Crippen LogP contribution >= 0.6 is 0 Å². The van der Waals surface area contributed by atoms with Crippen LogP contribution in [-0.2, 0) is 24.8 Å². The molecular formula is C30H39N5O7S2. The number of nitrogens with two attached hydrogens (primary N) is 1. The van der Waals surface area contributed by atoms with Crippen molar-refractivity contribution in [1.82, 2.24) is 18.9 Å². The van der Waals surface area contributed by atoms with E-state index in [2.05, 4.69) is 10.3 Å². The largest absolute Gasteiger partial charge is 0.491 e. The fourth-order valence-corrected chi connectivity index (χ4v) is 7.93. The van der Waals surface area contributed by atoms with E-state index in [1.54, 1.807) is 42.6 Å². The van der Waals surface area contributed by atoms with Gasteiger partial charge in [0.1, 0.15) is 24.3 Å². The number of piperidine rings is 1. The first kappa shape index (κ1) is 32.3. The Balaban J connectivity index is 1.10. The molecule has 1 spiro atoms. The zero-order valence-corrected chi connectivity index (χ0v) is 26.4. The van der Waals surface area contributed by atoms with Crippen molar-refractivity contribution in [3.8, 4) is 16.9 Å². The number of nitrogens with one attached hydrogen (secondary N) is 1. The van der Waals surface area contributed by atoms with Gasteiger partial charge in [0.25, 0.3) is 0 Å². The molecule has 2 atom stereocenters. The van der Waals surface area contributed by atoms with Crippen molar-refractivity contribution in [1.29, 1.82) is 0 Å². The van der Waals surface area contributed by atoms with E-state index in [0.29, 0.717) is 50.5 Å². The van der Waals surface area contributed by atoms with Gasteiger partial charge in [-0.05, 0) is 61.2 Å². The van der Waals surface area contributed by atoms with E-state index >= 15 is 0 Å². The second kappa shape index (κ2) is 13.1. The van der Waals surface area contributed by atoms with Crippen LogP contribution in [0.4, 0.5) is 5.82 Å². The summed E-state index contributed by atoms with van der Waals surface area (Å²) in [6, 6.07) is 16.5. The fraction of sp³-hybridized carbons (Fsp3) is 0.433. The highest BCUT2D eigenvalue weighted by atomic mass is 32.2. The molecule has 2 aliphatic heterocycles. The number of sulfonamides is 2. The Morgan fingerprint density at radius 3 is 2.50 bits per heavy atom. The van der Waals surface area contributed by atoms with Gasteiger partial charge in [-0.3, -0.25) is 0 Å². The molecule has 238 valence electrons. The number of anilines is 1. The number of rotatable bonds is 11. The van der Waals surface area contributed by atoms with Crippen LogP contribution in [0.25, 0.3) is 11.1 Å². The lowest BCUT2D eigenvalue weighted by molar-refractivity contribution is -0.0312. The van der Waals surface area contributed by atoms with Crippen LogP contribution in [0.3, 0.4) is 0 Å². The van der Waals surface area contributed by atoms with Crippen LogP contribution in [0.15, 0.2) is 76.7 Å². The summed E-state index contributed by atoms with van der Waals surface area (Å²) in [5, 5.41) is 13.8. The molecule has 0 amide bonds. The molecule has 4 N–H and O–H groups in total. The second-order valence-corrected chi connectivity index (χ2v) is 15.5. The summed E-state index contributed by atoms with van der Waals surface area (Å²) in [7, 11) is -4.36. The molecule has 1 aromatic heterocycles. The molecule has 12 nitrogen and oxygen atoms in total. The monoisotopic (exact) mass is 645 g/mol. The molecule has 2 aromatic carbocycles. The van der Waals surface area contributed by atoms with Crippen LogP contribution in [0, 0.1) is 0 Å². The van der Waals surface area contributed by atoms with E-state index in [4.69, 9.17) is 15.2 Å². The molecule has 14 heteroatoms. The molecule has 0 saturated carbocycles. The van der Waals surface area contributed by atoms with Gasteiger partial charge < -0.3 is 25.6 Å². The normalized spacial score (nSPS) is 19.8. The maximum atomic E-state index is 13.5. The van der Waals surface area contributed by atoms with Crippen molar-refractivity contribution in [3.05, 3.63) is 66.9 Å². The molecule has 0 aliphatic carbocycles. The third kappa shape index (κ3) is 7.23. The summed E-state index contributed by atoms with van der Waals surface area (Å²) in [4.78, 5) is 4.45. The van der Waals surface area contributed by atoms with E-state index in [1.165, 1.54) is 30.5 Å². The van der Waals surface area contributed by atoms with Gasteiger partial charge in [-0.1, -0.05) is 18.2 Å². The van der Waals surface area contributed by atoms with Crippen molar-refractivity contribution in [2.45, 2.75) is 46.8 Å². The highest BCUT2D eigenvalue weighted by molar-refractivity contribution is 7.89. The standard InChI is InChI=1S/C30H39N5O7S2/c1-34(2)43(37,38)28-8-4-6-26(16-28)41-21-25(36)19-32-24-17-30(42-20-24)11-13-35(14-12-30)44(39,40)27-7-3-5-22(15-27)23-9-10-29(31)33-18-23/h3-10,15-16,18,24-25,32,36H,11-14,17,19-21H2,1-2H3,(H2,31,33). The number of pyridine rings is 1. The van der Waals surface area contributed by atoms with E-state index in [0.717, 1.165) is 15.4 Å². The molecule has 44 heavy (non-hydrogen) atoms. The third-order valence-corrected chi connectivity index (χ3v) is 11.8. The maximum Gasteiger partial charge on any atom is 0.243 e. The molecule has 3 heterocycles. The van der Waals surface area contributed by atoms with Gasteiger partial charge in [0.05, 0.1) is 22.0 Å². The molecular weight excluding hydrogens is 606 g/mol. The van der Waals surface area contributed by atoms with E-state index in [1.807, 2.05) is 12.1 Å². The smallest absolute Gasteiger partial charge is 0.243 e. The predicted molar refractivity (Wildman–Crippen MR) is 166 cm³/mol. The SMILES string of the molecule is CN(C)S(=O)(=O)c1cccc(OCC(O)CNC2COC3(CCN(S(=O)(=O)c4cccc(-c5ccc(N)nc5)c4)CC3)C2)c1. The van der Waals surface area contributed by atoms with Gasteiger partial charge in [0.2, 0.25) is 20.0 Å². The van der Waals surface area contributed by atoms with Gasteiger partial charge in [0.15, 0.2) is 0 Å². The summed E-state index contributed by atoms with van der Waals surface area (Å²) in [6.45, 7) is 1.41. The van der Waals surface area contributed by atoms with Crippen molar-refractivity contribution in [3.63, 3.8) is 0 Å². The highest BCUT2D eigenvalue weighted by Crippen LogP contribution is 2.37. The number of nitrogens with zero attached hydrogens (tertiary/aromatic N) is 3. The van der Waals surface area contributed by atoms with Gasteiger partial charge >= 0.3 is 0 Å². The van der Waals surface area contributed by atoms with Crippen molar-refractivity contribution in [2.24, 2.45) is 0 Å². The number of hydrogen-bond acceptors (Lipinski definition) is 10. The first-order chi connectivity index (χ1) is 20.9. The number of ether oxygens (including phenoxy) is 2. The van der Waals surface area contributed by atoms with Crippen LogP contribution in [0.2, 0.25) is 0 Å². The summed E-state index contributed by atoms with van der Waals surface area (Å²) in [5.41, 5.74) is 6.80. The number of hydrogen-bond donors (Lipinski definition) is 3. The summed E-state index contributed by atoms with van der Waals surface area (Å²) in [5.74, 6) is 0.751. The van der Waals surface area contributed by atoms with Crippen molar-refractivity contribution in [2.75, 3.05) is 52.7 Å². The molecule has 2 aliphatic rings. The molecule has 2 fully saturated rings. The van der Waals surface area contributed by atoms with Gasteiger partial charge in [-0.2, -0.15) is 4.31 Å². The predicted octanol–water partition coefficient (Wildman–Crippen LogP) is 1.92. The topological polar surface area (TPSA) is 164 Å². The molecule has 3 aromatic rings. The van der Waals surface area contributed by atoms with Crippen molar-refractivity contribution >= 4 is 25.9 Å². The number of aromatic nitrogens is 1. The van der Waals surface area contributed by atoms with Gasteiger partial charge in [-0.15, -0.1) is 0 Å². The number of benzene rings is 2. The van der Waals surface area contributed by atoms with Crippen molar-refractivity contribution < 1.29 is 31.4 Å². The average molecular weight is 646 g/mol. The van der Waals surface area contributed by atoms with Crippen LogP contribution in [0.5, 0.6) is 5.75 Å². The van der Waals surface area contributed by atoms with E-state index in [-0.39, 0.29) is 29.0 Å². The molecule has 5 rings (SSSR count). The lowest BCUT2D eigenvalue weighted by Crippen LogP contribution is -2.47. The molecule has 0 radical (unpaired) electrons. The van der Waals surface area contributed by atoms with Crippen LogP contribution in [0.1, 0.15) is 19.3 Å². The summed E-state index contributed by atoms with van der Waals surface area (Å²) < 4.78 is 66.2. The fourth-order valence-electron chi connectivity index (χ4n) is 5.51. The Morgan fingerprint density at radius 1 is 1.07 bits per heavy atom. The average Bonchev–Trinajstić information content (AvgIpc) is 3.41. The number of aliphatic hydroxyl groups excluding tert-OH is 1. The molecule has 2 unspecified atom stereocenters. The lowest BCUT2D eigenvalue weighted by Gasteiger charge is -2.38. The zero-order chi connectivity index (χ0) is 31.5. The Labute approximate surface area is 258 Å². The Morgan fingerprint density at radius 2 is 1.80 bits per heavy atom. The van der Waals surface area contributed by atoms with Crippen LogP contribution < -0.4 is 15.8 Å². The van der Waals surface area contributed by atoms with E-state index in [9.17, 15) is 21.9 Å². The Hall–Kier alpha value is -3.11. The minimum atomic E-state index is -3.69. The van der Waals surface area contributed by atoms with E-state index < -0.39 is 31.8 Å². The summed E-state index contributed by atoms with van der Waals surface area (Å²) in [6.07, 6.45) is 2.65. The minimum Gasteiger partial charge on any atom is -0.491 e. The number of nitrogen functional groups attached to an aromatic ring is 1. The van der Waals surface area contributed by atoms with Gasteiger partial charge in [-0.25, -0.2) is 26.1 Å². The minimum absolute atomic E-state index is 0.00608. The number of aliphatic hydroxyl groups is 1. The first-order valence-electron chi connectivity index (χ1n) is 14.4. The lowest BCUT2D eigenvalue weighted by atomic mass is 9.88. The molecule has 0 bridgehead atoms. The Kier molecular flexibility index (Phi) is 9.61. The quantitative estimate of drug-likeness (QED) is 0.281. The first-order valence-corrected chi connectivity index (χ1v) is 17.3. The highest BCUT2D eigenvalue weighted by Gasteiger charge is 2.44. The van der Waals surface area contributed by atoms with Gasteiger partial charge in [0, 0.05) is 57.6 Å². The molecule has 2 saturated heterocycles. The van der Waals surface area contributed by atoms with Crippen LogP contribution in [-0.4, -0.2) is 100 Å².